The van der Waals surface area contributed by atoms with E-state index in [1.807, 2.05) is 4.57 Å². The van der Waals surface area contributed by atoms with Crippen molar-refractivity contribution in [3.05, 3.63) is 41.8 Å². The van der Waals surface area contributed by atoms with Crippen molar-refractivity contribution in [2.24, 2.45) is 0 Å². The third-order valence-corrected chi connectivity index (χ3v) is 5.10. The maximum absolute atomic E-state index is 14.4. The monoisotopic (exact) mass is 401 g/mol. The van der Waals surface area contributed by atoms with Crippen LogP contribution in [0.4, 0.5) is 18.9 Å². The predicted octanol–water partition coefficient (Wildman–Crippen LogP) is 4.59. The number of hydrogen-bond acceptors (Lipinski definition) is 5. The van der Waals surface area contributed by atoms with Gasteiger partial charge in [0.2, 0.25) is 0 Å². The van der Waals surface area contributed by atoms with Crippen molar-refractivity contribution < 1.29 is 17.9 Å². The van der Waals surface area contributed by atoms with E-state index in [0.717, 1.165) is 31.0 Å². The summed E-state index contributed by atoms with van der Waals surface area (Å²) in [7, 11) is 1.73. The Kier molecular flexibility index (Phi) is 5.03. The third kappa shape index (κ3) is 3.36. The summed E-state index contributed by atoms with van der Waals surface area (Å²) in [4.78, 5) is 4.45. The number of aromatic nitrogens is 2. The molecule has 1 aliphatic rings. The number of rotatable bonds is 6. The molecule has 29 heavy (non-hydrogen) atoms. The first-order chi connectivity index (χ1) is 14.0. The molecular weight excluding hydrogens is 383 g/mol. The number of anilines is 1. The second kappa shape index (κ2) is 7.64. The fraction of sp³-hybridized carbons (Fsp3) is 0.300. The first kappa shape index (κ1) is 19.1. The lowest BCUT2D eigenvalue weighted by molar-refractivity contribution is -0.0520. The summed E-state index contributed by atoms with van der Waals surface area (Å²) in [6.07, 6.45) is 4.39. The van der Waals surface area contributed by atoms with Crippen molar-refractivity contribution in [2.45, 2.75) is 31.9 Å². The molecule has 0 atom stereocenters. The van der Waals surface area contributed by atoms with Crippen molar-refractivity contribution in [3.63, 3.8) is 0 Å². The molecule has 1 aromatic carbocycles. The summed E-state index contributed by atoms with van der Waals surface area (Å²) in [6.45, 7) is -3.14. The van der Waals surface area contributed by atoms with Gasteiger partial charge in [-0.1, -0.05) is 0 Å². The van der Waals surface area contributed by atoms with Crippen LogP contribution in [0.5, 0.6) is 5.75 Å². The van der Waals surface area contributed by atoms with Gasteiger partial charge in [0.05, 0.1) is 34.4 Å². The molecular formula is C20H18F3N5O. The fourth-order valence-corrected chi connectivity index (χ4v) is 3.64. The van der Waals surface area contributed by atoms with Gasteiger partial charge in [-0.25, -0.2) is 9.82 Å². The van der Waals surface area contributed by atoms with Crippen LogP contribution in [0, 0.1) is 17.1 Å². The highest BCUT2D eigenvalue weighted by atomic mass is 19.3. The Morgan fingerprint density at radius 1 is 1.31 bits per heavy atom. The van der Waals surface area contributed by atoms with Crippen molar-refractivity contribution >= 4 is 16.6 Å². The van der Waals surface area contributed by atoms with Gasteiger partial charge in [-0.15, -0.1) is 0 Å². The highest BCUT2D eigenvalue weighted by molar-refractivity contribution is 5.95. The smallest absolute Gasteiger partial charge is 0.387 e. The van der Waals surface area contributed by atoms with E-state index in [1.54, 1.807) is 25.4 Å². The lowest BCUT2D eigenvalue weighted by Crippen LogP contribution is -2.18. The van der Waals surface area contributed by atoms with Crippen molar-refractivity contribution in [1.29, 1.82) is 5.26 Å². The Hall–Kier alpha value is -3.25. The van der Waals surface area contributed by atoms with E-state index >= 15 is 0 Å². The normalized spacial score (nSPS) is 14.1. The molecule has 2 aromatic heterocycles. The number of nitrogens with zero attached hydrogens (tertiary/aromatic N) is 3. The molecule has 0 radical (unpaired) electrons. The molecule has 2 heterocycles. The molecule has 1 fully saturated rings. The molecule has 0 saturated heterocycles. The number of ether oxygens (including phenoxy) is 1. The summed E-state index contributed by atoms with van der Waals surface area (Å²) in [6, 6.07) is 8.12. The topological polar surface area (TPSA) is 74.9 Å². The molecule has 4 rings (SSSR count). The predicted molar refractivity (Wildman–Crippen MR) is 102 cm³/mol. The average molecular weight is 401 g/mol. The molecule has 0 aliphatic heterocycles. The number of halogens is 3. The van der Waals surface area contributed by atoms with Crippen molar-refractivity contribution in [3.8, 4) is 23.2 Å². The van der Waals surface area contributed by atoms with Crippen LogP contribution < -0.4 is 15.6 Å². The van der Waals surface area contributed by atoms with Crippen LogP contribution in [0.2, 0.25) is 0 Å². The van der Waals surface area contributed by atoms with Crippen LogP contribution in [0.1, 0.15) is 30.9 Å². The van der Waals surface area contributed by atoms with Crippen LogP contribution in [-0.2, 0) is 0 Å². The summed E-state index contributed by atoms with van der Waals surface area (Å²) >= 11 is 0. The van der Waals surface area contributed by atoms with Crippen LogP contribution in [0.15, 0.2) is 30.5 Å². The van der Waals surface area contributed by atoms with Crippen LogP contribution in [-0.4, -0.2) is 23.2 Å². The van der Waals surface area contributed by atoms with Gasteiger partial charge in [0.15, 0.2) is 11.6 Å². The number of pyridine rings is 1. The van der Waals surface area contributed by atoms with E-state index in [1.165, 1.54) is 6.07 Å². The molecule has 0 amide bonds. The first-order valence-corrected chi connectivity index (χ1v) is 9.15. The highest BCUT2D eigenvalue weighted by Gasteiger charge is 2.29. The molecule has 3 aromatic rings. The second-order valence-electron chi connectivity index (χ2n) is 6.78. The Morgan fingerprint density at radius 2 is 2.10 bits per heavy atom. The molecule has 150 valence electrons. The minimum Gasteiger partial charge on any atom is -0.432 e. The minimum atomic E-state index is -3.14. The summed E-state index contributed by atoms with van der Waals surface area (Å²) < 4.78 is 46.0. The molecule has 9 heteroatoms. The number of benzene rings is 1. The van der Waals surface area contributed by atoms with Crippen LogP contribution in [0.3, 0.4) is 0 Å². The van der Waals surface area contributed by atoms with Crippen LogP contribution >= 0.6 is 0 Å². The van der Waals surface area contributed by atoms with Gasteiger partial charge >= 0.3 is 6.61 Å². The van der Waals surface area contributed by atoms with Gasteiger partial charge in [0.1, 0.15) is 6.07 Å². The number of hydrazine groups is 1. The number of alkyl halides is 2. The first-order valence-electron chi connectivity index (χ1n) is 9.15. The fourth-order valence-electron chi connectivity index (χ4n) is 3.64. The Bertz CT molecular complexity index is 1080. The largest absolute Gasteiger partial charge is 0.432 e. The second-order valence-corrected chi connectivity index (χ2v) is 6.78. The van der Waals surface area contributed by atoms with E-state index in [4.69, 9.17) is 0 Å². The average Bonchev–Trinajstić information content (AvgIpc) is 2.94. The maximum Gasteiger partial charge on any atom is 0.387 e. The number of hydrogen-bond donors (Lipinski definition) is 2. The SMILES string of the molecule is CNNc1ccc(-c2c(C#N)c3cc(F)c(OC(F)F)cc3n2C2CCC2)nc1. The standard InChI is InChI=1S/C20H18F3N5O/c1-25-27-11-5-6-16(26-10-11)19-14(9-24)13-7-15(21)18(29-20(22)23)8-17(13)28(19)12-3-2-4-12/h5-8,10,12,20,25,27H,2-4H2,1H3. The highest BCUT2D eigenvalue weighted by Crippen LogP contribution is 2.43. The number of nitrogens with one attached hydrogen (secondary N) is 2. The van der Waals surface area contributed by atoms with Gasteiger partial charge in [-0.3, -0.25) is 4.98 Å². The van der Waals surface area contributed by atoms with E-state index in [-0.39, 0.29) is 11.6 Å². The molecule has 6 nitrogen and oxygen atoms in total. The lowest BCUT2D eigenvalue weighted by atomic mass is 9.92. The summed E-state index contributed by atoms with van der Waals surface area (Å²) in [5, 5.41) is 10.2. The zero-order valence-corrected chi connectivity index (χ0v) is 15.5. The molecule has 0 spiro atoms. The van der Waals surface area contributed by atoms with Crippen molar-refractivity contribution in [2.75, 3.05) is 12.5 Å². The van der Waals surface area contributed by atoms with E-state index < -0.39 is 18.2 Å². The van der Waals surface area contributed by atoms with E-state index in [0.29, 0.717) is 22.3 Å². The Morgan fingerprint density at radius 3 is 2.66 bits per heavy atom. The Balaban J connectivity index is 1.95. The lowest BCUT2D eigenvalue weighted by Gasteiger charge is -2.30. The Labute approximate surface area is 164 Å². The van der Waals surface area contributed by atoms with Gasteiger partial charge in [-0.05, 0) is 37.5 Å². The maximum atomic E-state index is 14.4. The summed E-state index contributed by atoms with van der Waals surface area (Å²) in [5.74, 6) is -1.48. The minimum absolute atomic E-state index is 0.0800. The quantitative estimate of drug-likeness (QED) is 0.591. The van der Waals surface area contributed by atoms with Gasteiger partial charge < -0.3 is 14.7 Å². The zero-order chi connectivity index (χ0) is 20.5. The van der Waals surface area contributed by atoms with Gasteiger partial charge in [0, 0.05) is 24.5 Å². The summed E-state index contributed by atoms with van der Waals surface area (Å²) in [5.41, 5.74) is 8.29. The van der Waals surface area contributed by atoms with Crippen LogP contribution in [0.25, 0.3) is 22.3 Å². The molecule has 2 N–H and O–H groups in total. The third-order valence-electron chi connectivity index (χ3n) is 5.10. The van der Waals surface area contributed by atoms with Gasteiger partial charge in [-0.2, -0.15) is 14.0 Å². The number of fused-ring (bicyclic) bond motifs is 1. The zero-order valence-electron chi connectivity index (χ0n) is 15.5. The van der Waals surface area contributed by atoms with Crippen molar-refractivity contribution in [1.82, 2.24) is 15.0 Å². The van der Waals surface area contributed by atoms with E-state index in [9.17, 15) is 18.4 Å². The number of nitriles is 1. The van der Waals surface area contributed by atoms with Gasteiger partial charge in [0.25, 0.3) is 0 Å². The molecule has 1 saturated carbocycles. The van der Waals surface area contributed by atoms with E-state index in [2.05, 4.69) is 26.6 Å². The molecule has 0 unspecified atom stereocenters. The molecule has 1 aliphatic carbocycles. The molecule has 0 bridgehead atoms.